The molecule has 1 atom stereocenters. The number of carbonyl (C=O) groups is 1. The van der Waals surface area contributed by atoms with E-state index in [0.29, 0.717) is 23.9 Å². The van der Waals surface area contributed by atoms with Gasteiger partial charge in [0.1, 0.15) is 5.78 Å². The van der Waals surface area contributed by atoms with Gasteiger partial charge in [0.15, 0.2) is 0 Å². The number of benzene rings is 1. The van der Waals surface area contributed by atoms with E-state index in [4.69, 9.17) is 4.74 Å². The molecule has 19 heavy (non-hydrogen) atoms. The second-order valence-electron chi connectivity index (χ2n) is 5.46. The van der Waals surface area contributed by atoms with Gasteiger partial charge in [-0.1, -0.05) is 38.1 Å². The second kappa shape index (κ2) is 7.11. The fourth-order valence-corrected chi connectivity index (χ4v) is 3.25. The van der Waals surface area contributed by atoms with Crippen molar-refractivity contribution >= 4 is 17.5 Å². The smallest absolute Gasteiger partial charge is 0.145 e. The van der Waals surface area contributed by atoms with Crippen LogP contribution in [0.1, 0.15) is 37.5 Å². The lowest BCUT2D eigenvalue weighted by atomic mass is 9.95. The molecular formula is C16H22O2S. The minimum absolute atomic E-state index is 0.0305. The summed E-state index contributed by atoms with van der Waals surface area (Å²) in [5.74, 6) is 2.60. The molecule has 1 heterocycles. The van der Waals surface area contributed by atoms with E-state index in [1.54, 1.807) is 11.8 Å². The van der Waals surface area contributed by atoms with Crippen LogP contribution in [-0.4, -0.2) is 23.9 Å². The van der Waals surface area contributed by atoms with Crippen molar-refractivity contribution in [2.24, 2.45) is 5.92 Å². The number of hydrogen-bond donors (Lipinski definition) is 0. The first-order valence-corrected chi connectivity index (χ1v) is 8.11. The lowest BCUT2D eigenvalue weighted by molar-refractivity contribution is -0.119. The molecule has 1 aliphatic rings. The lowest BCUT2D eigenvalue weighted by Gasteiger charge is -2.25. The lowest BCUT2D eigenvalue weighted by Crippen LogP contribution is -2.19. The summed E-state index contributed by atoms with van der Waals surface area (Å²) in [5, 5.41) is 0. The van der Waals surface area contributed by atoms with Crippen LogP contribution >= 0.6 is 11.8 Å². The number of ketones is 1. The van der Waals surface area contributed by atoms with Gasteiger partial charge in [-0.25, -0.2) is 0 Å². The van der Waals surface area contributed by atoms with E-state index in [-0.39, 0.29) is 6.10 Å². The van der Waals surface area contributed by atoms with Gasteiger partial charge in [0.2, 0.25) is 0 Å². The third-order valence-electron chi connectivity index (χ3n) is 3.22. The molecule has 0 amide bonds. The van der Waals surface area contributed by atoms with E-state index in [9.17, 15) is 4.79 Å². The zero-order chi connectivity index (χ0) is 13.7. The highest BCUT2D eigenvalue weighted by molar-refractivity contribution is 7.99. The summed E-state index contributed by atoms with van der Waals surface area (Å²) in [6.07, 6.45) is 1.45. The van der Waals surface area contributed by atoms with Crippen molar-refractivity contribution in [3.05, 3.63) is 35.4 Å². The Balaban J connectivity index is 1.88. The van der Waals surface area contributed by atoms with Gasteiger partial charge in [-0.3, -0.25) is 4.79 Å². The van der Waals surface area contributed by atoms with Crippen LogP contribution in [0.15, 0.2) is 24.3 Å². The number of Topliss-reactive ketones (excluding diaryl/α,β-unsaturated/α-hetero) is 1. The minimum Gasteiger partial charge on any atom is -0.373 e. The fourth-order valence-electron chi connectivity index (χ4n) is 2.32. The largest absolute Gasteiger partial charge is 0.373 e. The summed E-state index contributed by atoms with van der Waals surface area (Å²) < 4.78 is 5.77. The van der Waals surface area contributed by atoms with E-state index < -0.39 is 0 Å². The van der Waals surface area contributed by atoms with Crippen LogP contribution in [0, 0.1) is 5.92 Å². The zero-order valence-electron chi connectivity index (χ0n) is 11.7. The van der Waals surface area contributed by atoms with Gasteiger partial charge in [0, 0.05) is 6.42 Å². The SMILES string of the molecule is CC(C)CSCC(=O)CC1OCCc2ccccc21. The van der Waals surface area contributed by atoms with Crippen molar-refractivity contribution in [3.63, 3.8) is 0 Å². The molecule has 1 unspecified atom stereocenters. The number of fused-ring (bicyclic) bond motifs is 1. The first-order valence-electron chi connectivity index (χ1n) is 6.95. The monoisotopic (exact) mass is 278 g/mol. The summed E-state index contributed by atoms with van der Waals surface area (Å²) in [6, 6.07) is 8.32. The van der Waals surface area contributed by atoms with E-state index in [1.165, 1.54) is 11.1 Å². The van der Waals surface area contributed by atoms with Gasteiger partial charge in [0.05, 0.1) is 18.5 Å². The van der Waals surface area contributed by atoms with Crippen molar-refractivity contribution in [1.82, 2.24) is 0 Å². The molecule has 0 fully saturated rings. The van der Waals surface area contributed by atoms with Crippen molar-refractivity contribution in [1.29, 1.82) is 0 Å². The minimum atomic E-state index is -0.0305. The zero-order valence-corrected chi connectivity index (χ0v) is 12.5. The number of ether oxygens (including phenoxy) is 1. The molecule has 0 saturated carbocycles. The summed E-state index contributed by atoms with van der Waals surface area (Å²) >= 11 is 1.73. The van der Waals surface area contributed by atoms with E-state index in [2.05, 4.69) is 32.0 Å². The summed E-state index contributed by atoms with van der Waals surface area (Å²) in [7, 11) is 0. The van der Waals surface area contributed by atoms with Gasteiger partial charge < -0.3 is 4.74 Å². The number of rotatable bonds is 6. The van der Waals surface area contributed by atoms with E-state index >= 15 is 0 Å². The molecule has 0 saturated heterocycles. The van der Waals surface area contributed by atoms with Crippen LogP contribution in [0.2, 0.25) is 0 Å². The molecule has 3 heteroatoms. The molecule has 0 bridgehead atoms. The summed E-state index contributed by atoms with van der Waals surface area (Å²) in [4.78, 5) is 12.0. The highest BCUT2D eigenvalue weighted by Crippen LogP contribution is 2.29. The highest BCUT2D eigenvalue weighted by atomic mass is 32.2. The van der Waals surface area contributed by atoms with Gasteiger partial charge in [0.25, 0.3) is 0 Å². The molecule has 0 N–H and O–H groups in total. The van der Waals surface area contributed by atoms with Crippen LogP contribution < -0.4 is 0 Å². The Hall–Kier alpha value is -0.800. The van der Waals surface area contributed by atoms with Crippen molar-refractivity contribution < 1.29 is 9.53 Å². The molecule has 1 aromatic rings. The average molecular weight is 278 g/mol. The molecule has 1 aliphatic heterocycles. The molecular weight excluding hydrogens is 256 g/mol. The second-order valence-corrected chi connectivity index (χ2v) is 6.49. The summed E-state index contributed by atoms with van der Waals surface area (Å²) in [6.45, 7) is 5.09. The maximum atomic E-state index is 12.0. The third kappa shape index (κ3) is 4.36. The first kappa shape index (κ1) is 14.6. The third-order valence-corrected chi connectivity index (χ3v) is 4.65. The molecule has 104 valence electrons. The molecule has 2 rings (SSSR count). The van der Waals surface area contributed by atoms with Gasteiger partial charge in [-0.05, 0) is 29.2 Å². The Bertz CT molecular complexity index is 429. The Morgan fingerprint density at radius 3 is 3.00 bits per heavy atom. The molecule has 0 radical (unpaired) electrons. The quantitative estimate of drug-likeness (QED) is 0.794. The van der Waals surface area contributed by atoms with Crippen molar-refractivity contribution in [2.75, 3.05) is 18.1 Å². The number of thioether (sulfide) groups is 1. The first-order chi connectivity index (χ1) is 9.16. The van der Waals surface area contributed by atoms with Crippen LogP contribution in [0.4, 0.5) is 0 Å². The Morgan fingerprint density at radius 1 is 1.42 bits per heavy atom. The maximum absolute atomic E-state index is 12.0. The van der Waals surface area contributed by atoms with Crippen molar-refractivity contribution in [3.8, 4) is 0 Å². The normalized spacial score (nSPS) is 18.4. The summed E-state index contributed by atoms with van der Waals surface area (Å²) in [5.41, 5.74) is 2.54. The molecule has 0 spiro atoms. The Morgan fingerprint density at radius 2 is 2.21 bits per heavy atom. The molecule has 2 nitrogen and oxygen atoms in total. The van der Waals surface area contributed by atoms with Gasteiger partial charge >= 0.3 is 0 Å². The van der Waals surface area contributed by atoms with E-state index in [0.717, 1.165) is 18.8 Å². The van der Waals surface area contributed by atoms with E-state index in [1.807, 2.05) is 6.07 Å². The number of carbonyl (C=O) groups excluding carboxylic acids is 1. The van der Waals surface area contributed by atoms with Crippen LogP contribution in [0.25, 0.3) is 0 Å². The van der Waals surface area contributed by atoms with Crippen LogP contribution in [-0.2, 0) is 16.0 Å². The molecule has 0 aliphatic carbocycles. The topological polar surface area (TPSA) is 26.3 Å². The molecule has 1 aromatic carbocycles. The Labute approximate surface area is 119 Å². The van der Waals surface area contributed by atoms with Gasteiger partial charge in [-0.15, -0.1) is 0 Å². The predicted octanol–water partition coefficient (Wildman–Crippen LogP) is 3.65. The highest BCUT2D eigenvalue weighted by Gasteiger charge is 2.22. The van der Waals surface area contributed by atoms with Crippen LogP contribution in [0.5, 0.6) is 0 Å². The van der Waals surface area contributed by atoms with Gasteiger partial charge in [-0.2, -0.15) is 11.8 Å². The van der Waals surface area contributed by atoms with Crippen LogP contribution in [0.3, 0.4) is 0 Å². The fraction of sp³-hybridized carbons (Fsp3) is 0.562. The number of hydrogen-bond acceptors (Lipinski definition) is 3. The van der Waals surface area contributed by atoms with Crippen molar-refractivity contribution in [2.45, 2.75) is 32.8 Å². The Kier molecular flexibility index (Phi) is 5.46. The maximum Gasteiger partial charge on any atom is 0.145 e. The predicted molar refractivity (Wildman–Crippen MR) is 80.6 cm³/mol. The average Bonchev–Trinajstić information content (AvgIpc) is 2.39. The standard InChI is InChI=1S/C16H22O2S/c1-12(2)10-19-11-14(17)9-16-15-6-4-3-5-13(15)7-8-18-16/h3-6,12,16H,7-11H2,1-2H3. The molecule has 0 aromatic heterocycles.